The van der Waals surface area contributed by atoms with Gasteiger partial charge in [-0.25, -0.2) is 9.59 Å². The Labute approximate surface area is 300 Å². The third-order valence-corrected chi connectivity index (χ3v) is 14.7. The first kappa shape index (κ1) is 34.9. The van der Waals surface area contributed by atoms with Crippen LogP contribution in [0.15, 0.2) is 0 Å². The molecule has 0 spiro atoms. The van der Waals surface area contributed by atoms with Crippen LogP contribution in [0, 0.1) is 5.41 Å². The second-order valence-corrected chi connectivity index (χ2v) is 17.7. The van der Waals surface area contributed by atoms with E-state index in [9.17, 15) is 14.4 Å². The number of nitrogens with zero attached hydrogens (tertiary/aromatic N) is 5. The predicted molar refractivity (Wildman–Crippen MR) is 195 cm³/mol. The van der Waals surface area contributed by atoms with E-state index in [4.69, 9.17) is 0 Å². The van der Waals surface area contributed by atoms with E-state index in [0.717, 1.165) is 77.2 Å². The number of likely N-dealkylation sites (tertiary alicyclic amines) is 3. The molecule has 0 unspecified atom stereocenters. The Morgan fingerprint density at radius 1 is 0.560 bits per heavy atom. The maximum atomic E-state index is 12.6. The molecule has 0 aromatic carbocycles. The molecule has 0 radical (unpaired) electrons. The second-order valence-electron chi connectivity index (χ2n) is 17.7. The zero-order chi connectivity index (χ0) is 34.2. The van der Waals surface area contributed by atoms with Crippen LogP contribution in [0.4, 0.5) is 9.59 Å². The lowest BCUT2D eigenvalue weighted by Gasteiger charge is -2.44. The van der Waals surface area contributed by atoms with E-state index in [1.807, 2.05) is 0 Å². The molecule has 3 aliphatic carbocycles. The monoisotopic (exact) mass is 695 g/mol. The van der Waals surface area contributed by atoms with E-state index in [0.29, 0.717) is 48.2 Å². The van der Waals surface area contributed by atoms with Gasteiger partial charge in [-0.15, -0.1) is 0 Å². The minimum atomic E-state index is -0.0293. The number of amides is 5. The van der Waals surface area contributed by atoms with Gasteiger partial charge in [0.1, 0.15) is 0 Å². The first-order valence-corrected chi connectivity index (χ1v) is 21.0. The van der Waals surface area contributed by atoms with Crippen LogP contribution < -0.4 is 16.0 Å². The summed E-state index contributed by atoms with van der Waals surface area (Å²) in [6.07, 6.45) is 21.3. The van der Waals surface area contributed by atoms with Crippen molar-refractivity contribution in [3.63, 3.8) is 0 Å². The van der Waals surface area contributed by atoms with Crippen molar-refractivity contribution in [2.24, 2.45) is 5.41 Å². The van der Waals surface area contributed by atoms with Gasteiger partial charge in [0, 0.05) is 68.9 Å². The van der Waals surface area contributed by atoms with Crippen molar-refractivity contribution in [2.45, 2.75) is 171 Å². The molecule has 0 bridgehead atoms. The van der Waals surface area contributed by atoms with Gasteiger partial charge >= 0.3 is 12.1 Å². The molecule has 9 fully saturated rings. The molecular formula is C39H66N8O3. The van der Waals surface area contributed by atoms with Crippen molar-refractivity contribution in [3.05, 3.63) is 0 Å². The van der Waals surface area contributed by atoms with Gasteiger partial charge in [0.25, 0.3) is 0 Å². The number of urea groups is 2. The lowest BCUT2D eigenvalue weighted by atomic mass is 9.89. The largest absolute Gasteiger partial charge is 0.342 e. The summed E-state index contributed by atoms with van der Waals surface area (Å²) in [5.74, 6) is 0.395. The molecule has 3 N–H and O–H groups in total. The van der Waals surface area contributed by atoms with E-state index < -0.39 is 0 Å². The van der Waals surface area contributed by atoms with Crippen molar-refractivity contribution in [3.8, 4) is 0 Å². The summed E-state index contributed by atoms with van der Waals surface area (Å²) < 4.78 is 0. The summed E-state index contributed by atoms with van der Waals surface area (Å²) in [6, 6.07) is 4.45. The molecule has 5 amide bonds. The highest BCUT2D eigenvalue weighted by atomic mass is 16.2. The van der Waals surface area contributed by atoms with Crippen LogP contribution in [0.25, 0.3) is 0 Å². The van der Waals surface area contributed by atoms with Gasteiger partial charge in [0.05, 0.1) is 24.2 Å². The van der Waals surface area contributed by atoms with Gasteiger partial charge in [0.15, 0.2) is 0 Å². The Morgan fingerprint density at radius 3 is 1.44 bits per heavy atom. The third-order valence-electron chi connectivity index (χ3n) is 14.7. The number of hydrogen-bond donors (Lipinski definition) is 3. The van der Waals surface area contributed by atoms with Crippen LogP contribution in [0.2, 0.25) is 0 Å². The van der Waals surface area contributed by atoms with E-state index in [1.54, 1.807) is 0 Å². The minimum Gasteiger partial charge on any atom is -0.342 e. The Hall–Kier alpha value is -2.11. The highest BCUT2D eigenvalue weighted by molar-refractivity contribution is 5.85. The summed E-state index contributed by atoms with van der Waals surface area (Å²) in [7, 11) is 0. The highest BCUT2D eigenvalue weighted by Crippen LogP contribution is 2.47. The van der Waals surface area contributed by atoms with Crippen LogP contribution >= 0.6 is 0 Å². The van der Waals surface area contributed by atoms with Crippen molar-refractivity contribution in [1.82, 2.24) is 40.4 Å². The lowest BCUT2D eigenvalue weighted by Crippen LogP contribution is -2.54. The summed E-state index contributed by atoms with van der Waals surface area (Å²) in [5, 5.41) is 9.95. The van der Waals surface area contributed by atoms with Crippen LogP contribution in [0.5, 0.6) is 0 Å². The summed E-state index contributed by atoms with van der Waals surface area (Å²) >= 11 is 0. The number of carbonyl (C=O) groups excluding carboxylic acids is 3. The molecule has 11 nitrogen and oxygen atoms in total. The van der Waals surface area contributed by atoms with Crippen LogP contribution in [-0.2, 0) is 4.79 Å². The van der Waals surface area contributed by atoms with Gasteiger partial charge in [-0.05, 0) is 103 Å². The van der Waals surface area contributed by atoms with Gasteiger partial charge in [0.2, 0.25) is 5.91 Å². The molecule has 0 aromatic heterocycles. The Balaban J connectivity index is 0.000000149. The number of carbonyl (C=O) groups is 3. The summed E-state index contributed by atoms with van der Waals surface area (Å²) in [5.41, 5.74) is -0.0293. The maximum absolute atomic E-state index is 12.6. The van der Waals surface area contributed by atoms with Gasteiger partial charge in [-0.3, -0.25) is 4.79 Å². The van der Waals surface area contributed by atoms with Crippen LogP contribution in [-0.4, -0.2) is 143 Å². The quantitative estimate of drug-likeness (QED) is 0.401. The van der Waals surface area contributed by atoms with Gasteiger partial charge in [-0.1, -0.05) is 32.6 Å². The zero-order valence-electron chi connectivity index (χ0n) is 31.0. The normalized spacial score (nSPS) is 34.8. The number of fused-ring (bicyclic) bond motifs is 2. The topological polar surface area (TPSA) is 104 Å². The molecule has 50 heavy (non-hydrogen) atoms. The SMILES string of the molecule is CC1(C(=O)N2CCC(N3CCC(N4C(=O)N[C@H]5CCCC[C@@H]54)CC3)CC2)CC1.O=C1N[C@H]2CCCC[C@@H]2N1C1CCN(C2CCNCC2)CC1. The van der Waals surface area contributed by atoms with E-state index in [2.05, 4.69) is 47.4 Å². The smallest absolute Gasteiger partial charge is 0.318 e. The molecule has 9 rings (SSSR count). The second kappa shape index (κ2) is 15.1. The first-order valence-electron chi connectivity index (χ1n) is 21.0. The van der Waals surface area contributed by atoms with Crippen molar-refractivity contribution in [1.29, 1.82) is 0 Å². The molecule has 0 aromatic rings. The number of hydrogen-bond acceptors (Lipinski definition) is 6. The molecule has 6 aliphatic heterocycles. The highest BCUT2D eigenvalue weighted by Gasteiger charge is 2.49. The third kappa shape index (κ3) is 7.26. The Kier molecular flexibility index (Phi) is 10.5. The molecule has 6 heterocycles. The predicted octanol–water partition coefficient (Wildman–Crippen LogP) is 4.12. The molecule has 280 valence electrons. The van der Waals surface area contributed by atoms with Gasteiger partial charge < -0.3 is 40.4 Å². The molecule has 11 heteroatoms. The molecule has 6 saturated heterocycles. The van der Waals surface area contributed by atoms with E-state index in [1.165, 1.54) is 96.8 Å². The fourth-order valence-corrected chi connectivity index (χ4v) is 11.3. The fraction of sp³-hybridized carbons (Fsp3) is 0.923. The molecule has 3 saturated carbocycles. The fourth-order valence-electron chi connectivity index (χ4n) is 11.3. The summed E-state index contributed by atoms with van der Waals surface area (Å²) in [4.78, 5) is 49.5. The van der Waals surface area contributed by atoms with E-state index in [-0.39, 0.29) is 17.5 Å². The van der Waals surface area contributed by atoms with Gasteiger partial charge in [-0.2, -0.15) is 0 Å². The van der Waals surface area contributed by atoms with Crippen LogP contribution in [0.3, 0.4) is 0 Å². The van der Waals surface area contributed by atoms with E-state index >= 15 is 0 Å². The minimum absolute atomic E-state index is 0.0293. The van der Waals surface area contributed by atoms with Crippen molar-refractivity contribution >= 4 is 18.0 Å². The van der Waals surface area contributed by atoms with Crippen LogP contribution in [0.1, 0.15) is 122 Å². The van der Waals surface area contributed by atoms with Crippen molar-refractivity contribution in [2.75, 3.05) is 52.4 Å². The maximum Gasteiger partial charge on any atom is 0.318 e. The molecule has 9 aliphatic rings. The summed E-state index contributed by atoms with van der Waals surface area (Å²) in [6.45, 7) is 10.9. The Morgan fingerprint density at radius 2 is 0.980 bits per heavy atom. The Bertz CT molecular complexity index is 1200. The van der Waals surface area contributed by atoms with Crippen molar-refractivity contribution < 1.29 is 14.4 Å². The number of piperidine rings is 4. The lowest BCUT2D eigenvalue weighted by molar-refractivity contribution is -0.138. The number of rotatable bonds is 5. The molecule has 4 atom stereocenters. The first-order chi connectivity index (χ1) is 24.4. The zero-order valence-corrected chi connectivity index (χ0v) is 31.0. The average molecular weight is 695 g/mol. The molecular weight excluding hydrogens is 628 g/mol. The standard InChI is InChI=1S/C22H36N4O2.C17H30N4O/c1-22(10-11-22)20(27)25-14-6-16(7-15-25)24-12-8-17(9-13-24)26-19-5-3-2-4-18(19)23-21(26)28;22-17-19-15-3-1-2-4-16(15)21(17)14-7-11-20(12-8-14)13-5-9-18-10-6-13/h16-19H,2-15H2,1H3,(H,23,28);13-16,18H,1-12H2,(H,19,22)/t18-,19-;15-,16-/m00/s1. The number of nitrogens with one attached hydrogen (secondary N) is 3. The average Bonchev–Trinajstić information content (AvgIpc) is 3.69.